The number of anilines is 1. The predicted molar refractivity (Wildman–Crippen MR) is 87.3 cm³/mol. The van der Waals surface area contributed by atoms with Crippen molar-refractivity contribution in [2.24, 2.45) is 11.8 Å². The number of hydrogen-bond donors (Lipinski definition) is 1. The first kappa shape index (κ1) is 13.2. The van der Waals surface area contributed by atoms with Crippen molar-refractivity contribution >= 4 is 16.7 Å². The Bertz CT molecular complexity index is 668. The maximum atomic E-state index is 5.95. The van der Waals surface area contributed by atoms with Crippen LogP contribution in [0.25, 0.3) is 11.0 Å². The Morgan fingerprint density at radius 2 is 1.95 bits per heavy atom. The first-order valence-electron chi connectivity index (χ1n) is 8.42. The van der Waals surface area contributed by atoms with E-state index in [2.05, 4.69) is 24.5 Å². The summed E-state index contributed by atoms with van der Waals surface area (Å²) in [5.74, 6) is 3.54. The van der Waals surface area contributed by atoms with Crippen molar-refractivity contribution in [1.82, 2.24) is 9.55 Å². The Balaban J connectivity index is 1.87. The van der Waals surface area contributed by atoms with Gasteiger partial charge in [-0.05, 0) is 49.3 Å². The van der Waals surface area contributed by atoms with E-state index in [1.54, 1.807) is 0 Å². The lowest BCUT2D eigenvalue weighted by Gasteiger charge is -2.36. The smallest absolute Gasteiger partial charge is 0.113 e. The van der Waals surface area contributed by atoms with Crippen LogP contribution < -0.4 is 5.73 Å². The minimum Gasteiger partial charge on any atom is -0.399 e. The fraction of sp³-hybridized carbons (Fsp3) is 0.611. The van der Waals surface area contributed by atoms with Gasteiger partial charge in [0.05, 0.1) is 11.0 Å². The van der Waals surface area contributed by atoms with Crippen molar-refractivity contribution in [2.45, 2.75) is 57.9 Å². The molecule has 3 heteroatoms. The molecular weight excluding hydrogens is 258 g/mol. The average Bonchev–Trinajstić information content (AvgIpc) is 3.24. The number of nitrogens with two attached hydrogens (primary N) is 1. The summed E-state index contributed by atoms with van der Waals surface area (Å²) in [6, 6.07) is 6.84. The van der Waals surface area contributed by atoms with Gasteiger partial charge in [-0.25, -0.2) is 4.98 Å². The molecule has 1 aromatic heterocycles. The zero-order chi connectivity index (χ0) is 14.6. The molecular formula is C18H25N3. The first-order chi connectivity index (χ1) is 10.1. The molecule has 1 aromatic carbocycles. The molecule has 2 fully saturated rings. The molecule has 3 unspecified atom stereocenters. The highest BCUT2D eigenvalue weighted by atomic mass is 15.1. The second kappa shape index (κ2) is 4.75. The number of benzene rings is 1. The van der Waals surface area contributed by atoms with Crippen LogP contribution in [0.1, 0.15) is 63.7 Å². The fourth-order valence-electron chi connectivity index (χ4n) is 4.03. The molecule has 112 valence electrons. The summed E-state index contributed by atoms with van der Waals surface area (Å²) >= 11 is 0. The summed E-state index contributed by atoms with van der Waals surface area (Å²) in [5.41, 5.74) is 9.15. The van der Waals surface area contributed by atoms with Gasteiger partial charge >= 0.3 is 0 Å². The number of rotatable bonds is 2. The molecule has 0 aliphatic heterocycles. The Morgan fingerprint density at radius 1 is 1.14 bits per heavy atom. The molecule has 2 aliphatic rings. The highest BCUT2D eigenvalue weighted by Crippen LogP contribution is 2.46. The van der Waals surface area contributed by atoms with Crippen molar-refractivity contribution in [2.75, 3.05) is 5.73 Å². The van der Waals surface area contributed by atoms with Crippen molar-refractivity contribution in [3.05, 3.63) is 24.0 Å². The van der Waals surface area contributed by atoms with E-state index in [9.17, 15) is 0 Å². The molecule has 21 heavy (non-hydrogen) atoms. The number of aromatic nitrogens is 2. The van der Waals surface area contributed by atoms with Crippen LogP contribution in [-0.2, 0) is 0 Å². The molecule has 2 aromatic rings. The van der Waals surface area contributed by atoms with Crippen molar-refractivity contribution < 1.29 is 0 Å². The molecule has 0 amide bonds. The zero-order valence-corrected chi connectivity index (χ0v) is 13.0. The normalized spacial score (nSPS) is 29.9. The van der Waals surface area contributed by atoms with Gasteiger partial charge in [-0.15, -0.1) is 0 Å². The highest BCUT2D eigenvalue weighted by molar-refractivity contribution is 5.80. The molecule has 2 aliphatic carbocycles. The molecule has 1 heterocycles. The van der Waals surface area contributed by atoms with Crippen LogP contribution in [0.4, 0.5) is 5.69 Å². The van der Waals surface area contributed by atoms with Gasteiger partial charge in [-0.2, -0.15) is 0 Å². The van der Waals surface area contributed by atoms with Gasteiger partial charge in [0.25, 0.3) is 0 Å². The third kappa shape index (κ3) is 2.14. The van der Waals surface area contributed by atoms with Gasteiger partial charge in [0, 0.05) is 17.6 Å². The van der Waals surface area contributed by atoms with E-state index in [1.807, 2.05) is 12.1 Å². The Kier molecular flexibility index (Phi) is 2.98. The molecule has 3 nitrogen and oxygen atoms in total. The van der Waals surface area contributed by atoms with Crippen LogP contribution in [0, 0.1) is 11.8 Å². The van der Waals surface area contributed by atoms with Crippen LogP contribution in [0.15, 0.2) is 18.2 Å². The van der Waals surface area contributed by atoms with E-state index < -0.39 is 0 Å². The summed E-state index contributed by atoms with van der Waals surface area (Å²) in [6.07, 6.45) is 6.61. The Labute approximate surface area is 126 Å². The van der Waals surface area contributed by atoms with Crippen LogP contribution in [0.5, 0.6) is 0 Å². The first-order valence-corrected chi connectivity index (χ1v) is 8.42. The number of imidazole rings is 1. The molecule has 0 saturated heterocycles. The molecule has 0 bridgehead atoms. The summed E-state index contributed by atoms with van der Waals surface area (Å²) in [6.45, 7) is 4.83. The number of hydrogen-bond acceptors (Lipinski definition) is 2. The minimum absolute atomic E-state index is 0.609. The van der Waals surface area contributed by atoms with Gasteiger partial charge in [-0.3, -0.25) is 0 Å². The van der Waals surface area contributed by atoms with E-state index >= 15 is 0 Å². The van der Waals surface area contributed by atoms with Gasteiger partial charge < -0.3 is 10.3 Å². The third-order valence-corrected chi connectivity index (χ3v) is 5.68. The van der Waals surface area contributed by atoms with Crippen molar-refractivity contribution in [3.8, 4) is 0 Å². The second-order valence-electron chi connectivity index (χ2n) is 7.20. The quantitative estimate of drug-likeness (QED) is 0.825. The molecule has 2 N–H and O–H groups in total. The maximum Gasteiger partial charge on any atom is 0.113 e. The minimum atomic E-state index is 0.609. The topological polar surface area (TPSA) is 43.8 Å². The van der Waals surface area contributed by atoms with Crippen LogP contribution in [0.3, 0.4) is 0 Å². The van der Waals surface area contributed by atoms with E-state index in [-0.39, 0.29) is 0 Å². The Hall–Kier alpha value is -1.51. The molecule has 3 atom stereocenters. The Morgan fingerprint density at radius 3 is 2.71 bits per heavy atom. The average molecular weight is 283 g/mol. The summed E-state index contributed by atoms with van der Waals surface area (Å²) in [4.78, 5) is 4.95. The van der Waals surface area contributed by atoms with Crippen molar-refractivity contribution in [3.63, 3.8) is 0 Å². The van der Waals surface area contributed by atoms with Gasteiger partial charge in [0.1, 0.15) is 5.82 Å². The number of fused-ring (bicyclic) bond motifs is 1. The number of nitrogen functional groups attached to an aromatic ring is 1. The second-order valence-corrected chi connectivity index (χ2v) is 7.20. The lowest BCUT2D eigenvalue weighted by molar-refractivity contribution is 0.186. The van der Waals surface area contributed by atoms with Crippen LogP contribution in [0.2, 0.25) is 0 Å². The van der Waals surface area contributed by atoms with Crippen LogP contribution in [-0.4, -0.2) is 9.55 Å². The van der Waals surface area contributed by atoms with Crippen molar-refractivity contribution in [1.29, 1.82) is 0 Å². The lowest BCUT2D eigenvalue weighted by Crippen LogP contribution is -2.28. The standard InChI is InChI=1S/C18H25N3/c1-11-4-3-5-16(12(11)2)21-17-9-8-14(19)10-15(17)20-18(21)13-6-7-13/h8-13,16H,3-7,19H2,1-2H3. The summed E-state index contributed by atoms with van der Waals surface area (Å²) < 4.78 is 2.58. The van der Waals surface area contributed by atoms with E-state index in [0.717, 1.165) is 23.0 Å². The lowest BCUT2D eigenvalue weighted by atomic mass is 9.77. The predicted octanol–water partition coefficient (Wildman–Crippen LogP) is 4.49. The highest BCUT2D eigenvalue weighted by Gasteiger charge is 2.35. The summed E-state index contributed by atoms with van der Waals surface area (Å²) in [7, 11) is 0. The van der Waals surface area contributed by atoms with E-state index in [1.165, 1.54) is 43.4 Å². The third-order valence-electron chi connectivity index (χ3n) is 5.68. The van der Waals surface area contributed by atoms with E-state index in [0.29, 0.717) is 12.0 Å². The molecule has 0 spiro atoms. The van der Waals surface area contributed by atoms with Crippen LogP contribution >= 0.6 is 0 Å². The summed E-state index contributed by atoms with van der Waals surface area (Å²) in [5, 5.41) is 0. The SMILES string of the molecule is CC1CCCC(n2c(C3CC3)nc3cc(N)ccc32)C1C. The zero-order valence-electron chi connectivity index (χ0n) is 13.0. The van der Waals surface area contributed by atoms with E-state index in [4.69, 9.17) is 10.7 Å². The monoisotopic (exact) mass is 283 g/mol. The maximum absolute atomic E-state index is 5.95. The number of nitrogens with zero attached hydrogens (tertiary/aromatic N) is 2. The molecule has 2 saturated carbocycles. The van der Waals surface area contributed by atoms with Gasteiger partial charge in [0.15, 0.2) is 0 Å². The largest absolute Gasteiger partial charge is 0.399 e. The fourth-order valence-corrected chi connectivity index (χ4v) is 4.03. The molecule has 0 radical (unpaired) electrons. The van der Waals surface area contributed by atoms with Gasteiger partial charge in [-0.1, -0.05) is 26.7 Å². The molecule has 4 rings (SSSR count). The van der Waals surface area contributed by atoms with Gasteiger partial charge in [0.2, 0.25) is 0 Å².